The van der Waals surface area contributed by atoms with Gasteiger partial charge in [-0.1, -0.05) is 179 Å². The zero-order valence-electron chi connectivity index (χ0n) is 56.8. The number of benzene rings is 6. The van der Waals surface area contributed by atoms with Gasteiger partial charge in [0.2, 0.25) is 0 Å². The Kier molecular flexibility index (Phi) is 29.9. The summed E-state index contributed by atoms with van der Waals surface area (Å²) in [6, 6.07) is 12.2. The number of halogens is 24. The van der Waals surface area contributed by atoms with Gasteiger partial charge < -0.3 is 0 Å². The normalized spacial score (nSPS) is 13.1. The summed E-state index contributed by atoms with van der Waals surface area (Å²) in [7, 11) is 0. The van der Waals surface area contributed by atoms with Crippen LogP contribution in [0.5, 0.6) is 0 Å². The van der Waals surface area contributed by atoms with Crippen molar-refractivity contribution in [2.24, 2.45) is 9.98 Å². The summed E-state index contributed by atoms with van der Waals surface area (Å²) in [6.45, 7) is 27.8. The fourth-order valence-electron chi connectivity index (χ4n) is 11.0. The zero-order chi connectivity index (χ0) is 77.3. The Labute approximate surface area is 590 Å². The van der Waals surface area contributed by atoms with Crippen LogP contribution in [0.25, 0.3) is 0 Å². The molecule has 7 aromatic rings. The van der Waals surface area contributed by atoms with E-state index in [4.69, 9.17) is 20.2 Å². The standard InChI is InChI=1S/C33H43N3.C32H12BF24.C5H12.C2H3N.Ag/c1-20(2)26-14-11-15-27(21(3)4)32(26)34-24(9)30-18-13-19-31(36-30)25(10)35-33-28(22(5)6)16-12-17-29(33)23(7)8;34-25(35,36)13-1-14(26(37,38)39)6-21(5-13)33(22-7-15(27(40,41)42)2-16(8-22)28(43,44)45,23-9-17(29(46,47)48)3-18(10-23)30(49,50)51)24-11-19(31(52,53)54)4-20(12-24)32(55,56)57;1-3-5-4-2;1-2-3;/h11-23H,1-10H3;1-12H;3-5H2,1-2H3;1H3;/q;-1;;;+1. The van der Waals surface area contributed by atoms with Crippen LogP contribution in [0, 0.1) is 11.3 Å². The first-order valence-electron chi connectivity index (χ1n) is 31.1. The summed E-state index contributed by atoms with van der Waals surface area (Å²) in [5, 5.41) is 7.32. The molecule has 7 rings (SSSR count). The van der Waals surface area contributed by atoms with Crippen LogP contribution in [-0.4, -0.2) is 22.6 Å². The van der Waals surface area contributed by atoms with Gasteiger partial charge in [-0.05, 0) is 96.2 Å². The van der Waals surface area contributed by atoms with Gasteiger partial charge >= 0.3 is 71.8 Å². The molecule has 0 bridgehead atoms. The summed E-state index contributed by atoms with van der Waals surface area (Å²) < 4.78 is 341. The van der Waals surface area contributed by atoms with Crippen LogP contribution in [0.15, 0.2) is 137 Å². The number of hydrogen-bond donors (Lipinski definition) is 0. The monoisotopic (exact) mass is 1560 g/mol. The van der Waals surface area contributed by atoms with Crippen molar-refractivity contribution in [3.63, 3.8) is 0 Å². The first kappa shape index (κ1) is 88.6. The topological polar surface area (TPSA) is 61.4 Å². The van der Waals surface area contributed by atoms with Gasteiger partial charge in [-0.15, -0.1) is 0 Å². The maximum absolute atomic E-state index is 14.2. The van der Waals surface area contributed by atoms with Gasteiger partial charge in [0.05, 0.1) is 84.8 Å². The first-order valence-corrected chi connectivity index (χ1v) is 31.1. The summed E-state index contributed by atoms with van der Waals surface area (Å²) in [6.07, 6.45) is -50.7. The van der Waals surface area contributed by atoms with Gasteiger partial charge in [0, 0.05) is 6.92 Å². The number of rotatable bonds is 14. The van der Waals surface area contributed by atoms with E-state index in [1.165, 1.54) is 48.4 Å². The molecule has 0 radical (unpaired) electrons. The minimum Gasteiger partial charge on any atom is -0.251 e. The van der Waals surface area contributed by atoms with Gasteiger partial charge in [0.25, 0.3) is 0 Å². The minimum atomic E-state index is -6.13. The third kappa shape index (κ3) is 22.7. The number of pyridine rings is 1. The van der Waals surface area contributed by atoms with Crippen molar-refractivity contribution in [1.82, 2.24) is 4.98 Å². The summed E-state index contributed by atoms with van der Waals surface area (Å²) in [4.78, 5) is 15.3. The Bertz CT molecular complexity index is 3500. The number of unbranched alkanes of at least 4 members (excludes halogenated alkanes) is 2. The Morgan fingerprint density at radius 3 is 0.686 bits per heavy atom. The molecule has 0 N–H and O–H groups in total. The number of aromatic nitrogens is 1. The van der Waals surface area contributed by atoms with Gasteiger partial charge in [-0.3, -0.25) is 9.98 Å². The molecule has 1 heterocycles. The molecule has 0 aliphatic carbocycles. The Balaban J connectivity index is 0.000000512. The van der Waals surface area contributed by atoms with E-state index in [2.05, 4.69) is 126 Å². The molecule has 0 atom stereocenters. The molecule has 0 aliphatic rings. The van der Waals surface area contributed by atoms with Crippen LogP contribution >= 0.6 is 0 Å². The second kappa shape index (κ2) is 34.4. The predicted octanol–water partition coefficient (Wildman–Crippen LogP) is 23.8. The van der Waals surface area contributed by atoms with Crippen LogP contribution in [0.1, 0.15) is 211 Å². The van der Waals surface area contributed by atoms with Crippen molar-refractivity contribution in [2.75, 3.05) is 0 Å². The van der Waals surface area contributed by atoms with Crippen molar-refractivity contribution < 1.29 is 128 Å². The third-order valence-electron chi connectivity index (χ3n) is 15.9. The maximum atomic E-state index is 14.2. The third-order valence-corrected chi connectivity index (χ3v) is 15.9. The molecular weight excluding hydrogens is 1500 g/mol. The van der Waals surface area contributed by atoms with Gasteiger partial charge in [-0.2, -0.15) is 132 Å². The molecule has 4 nitrogen and oxygen atoms in total. The minimum absolute atomic E-state index is 0. The fraction of sp³-hybridized carbons (Fsp3) is 0.389. The van der Waals surface area contributed by atoms with E-state index in [1.807, 2.05) is 12.1 Å². The summed E-state index contributed by atoms with van der Waals surface area (Å²) >= 11 is 0. The molecular formula is C72H70AgBF24N4. The average molecular weight is 1570 g/mol. The van der Waals surface area contributed by atoms with Crippen molar-refractivity contribution in [1.29, 1.82) is 5.26 Å². The van der Waals surface area contributed by atoms with Gasteiger partial charge in [-0.25, -0.2) is 4.98 Å². The number of nitrogens with zero attached hydrogens (tertiary/aromatic N) is 4. The van der Waals surface area contributed by atoms with Crippen LogP contribution in [0.3, 0.4) is 0 Å². The van der Waals surface area contributed by atoms with Crippen LogP contribution in [0.4, 0.5) is 117 Å². The van der Waals surface area contributed by atoms with Gasteiger partial charge in [0.1, 0.15) is 6.15 Å². The molecule has 0 aliphatic heterocycles. The van der Waals surface area contributed by atoms with Crippen molar-refractivity contribution in [3.05, 3.63) is 206 Å². The molecule has 6 aromatic carbocycles. The second-order valence-electron chi connectivity index (χ2n) is 24.8. The van der Waals surface area contributed by atoms with Crippen LogP contribution in [-0.2, 0) is 71.8 Å². The molecule has 102 heavy (non-hydrogen) atoms. The smallest absolute Gasteiger partial charge is 0.251 e. The van der Waals surface area contributed by atoms with E-state index < -0.39 is 195 Å². The van der Waals surface area contributed by atoms with Crippen molar-refractivity contribution in [3.8, 4) is 6.07 Å². The fourth-order valence-corrected chi connectivity index (χ4v) is 11.0. The van der Waals surface area contributed by atoms with E-state index in [0.717, 1.165) is 34.2 Å². The zero-order valence-corrected chi connectivity index (χ0v) is 58.3. The largest absolute Gasteiger partial charge is 1.00 e. The van der Waals surface area contributed by atoms with Crippen molar-refractivity contribution in [2.45, 2.75) is 182 Å². The molecule has 1 aromatic heterocycles. The molecule has 0 amide bonds. The van der Waals surface area contributed by atoms with Crippen LogP contribution < -0.4 is 21.9 Å². The molecule has 560 valence electrons. The maximum Gasteiger partial charge on any atom is 1.00 e. The van der Waals surface area contributed by atoms with E-state index in [9.17, 15) is 105 Å². The predicted molar refractivity (Wildman–Crippen MR) is 344 cm³/mol. The van der Waals surface area contributed by atoms with Crippen LogP contribution in [0.2, 0.25) is 0 Å². The molecule has 0 saturated heterocycles. The average Bonchev–Trinajstić information content (AvgIpc) is 0.707. The Hall–Kier alpha value is -7.57. The molecule has 30 heteroatoms. The molecule has 0 unspecified atom stereocenters. The quantitative estimate of drug-likeness (QED) is 0.0619. The first-order chi connectivity index (χ1) is 46.1. The van der Waals surface area contributed by atoms with E-state index in [-0.39, 0.29) is 22.4 Å². The molecule has 0 spiro atoms. The second-order valence-corrected chi connectivity index (χ2v) is 24.8. The number of para-hydroxylation sites is 2. The molecule has 0 saturated carbocycles. The summed E-state index contributed by atoms with van der Waals surface area (Å²) in [5.74, 6) is 1.61. The number of hydrogen-bond acceptors (Lipinski definition) is 4. The van der Waals surface area contributed by atoms with E-state index in [1.54, 1.807) is 6.07 Å². The summed E-state index contributed by atoms with van der Waals surface area (Å²) in [5.41, 5.74) is -19.3. The number of aliphatic imine (C=N–C) groups is 2. The van der Waals surface area contributed by atoms with E-state index in [0.29, 0.717) is 23.7 Å². The van der Waals surface area contributed by atoms with Crippen molar-refractivity contribution >= 4 is 50.8 Å². The van der Waals surface area contributed by atoms with E-state index >= 15 is 0 Å². The SMILES string of the molecule is CC#N.CC(=Nc1c(C(C)C)cccc1C(C)C)c1cccc(C(C)=Nc2c(C(C)C)cccc2C(C)C)n1.CCCCC.FC(F)(F)c1cc([B-](c2cc(C(F)(F)F)cc(C(F)(F)F)c2)(c2cc(C(F)(F)F)cc(C(F)(F)F)c2)c2cc(C(F)(F)F)cc(C(F)(F)F)c2)cc(C(F)(F)F)c1.[Ag+]. The Morgan fingerprint density at radius 1 is 0.363 bits per heavy atom. The Morgan fingerprint density at radius 2 is 0.539 bits per heavy atom. The van der Waals surface area contributed by atoms with Gasteiger partial charge in [0.15, 0.2) is 0 Å². The number of nitriles is 1. The number of alkyl halides is 24. The molecule has 0 fully saturated rings.